The molecule has 0 unspecified atom stereocenters. The minimum atomic E-state index is 0.778. The van der Waals surface area contributed by atoms with Crippen LogP contribution >= 0.6 is 11.1 Å². The number of benzene rings is 1. The SMILES string of the molecule is [SiH3]Cl.[SiH3]c1ccccc1. The molecule has 0 saturated heterocycles. The summed E-state index contributed by atoms with van der Waals surface area (Å²) in [5, 5.41) is 1.46. The first-order valence-electron chi connectivity index (χ1n) is 2.79. The van der Waals surface area contributed by atoms with Crippen LogP contribution in [0.3, 0.4) is 0 Å². The fourth-order valence-corrected chi connectivity index (χ4v) is 0.919. The molecule has 0 nitrogen and oxygen atoms in total. The number of hydrogen-bond acceptors (Lipinski definition) is 0. The zero-order valence-corrected chi connectivity index (χ0v) is 10.5. The van der Waals surface area contributed by atoms with Crippen molar-refractivity contribution in [3.05, 3.63) is 30.3 Å². The van der Waals surface area contributed by atoms with E-state index in [0.29, 0.717) is 0 Å². The van der Waals surface area contributed by atoms with E-state index in [1.165, 1.54) is 15.4 Å². The third-order valence-electron chi connectivity index (χ3n) is 0.940. The molecule has 0 N–H and O–H groups in total. The molecule has 1 aromatic carbocycles. The summed E-state index contributed by atoms with van der Waals surface area (Å²) in [4.78, 5) is 0. The molecule has 0 aliphatic carbocycles. The van der Waals surface area contributed by atoms with E-state index < -0.39 is 0 Å². The highest BCUT2D eigenvalue weighted by molar-refractivity contribution is 6.80. The second-order valence-corrected chi connectivity index (χ2v) is 2.81. The van der Waals surface area contributed by atoms with Crippen LogP contribution in [0.4, 0.5) is 0 Å². The van der Waals surface area contributed by atoms with Crippen molar-refractivity contribution in [2.24, 2.45) is 0 Å². The summed E-state index contributed by atoms with van der Waals surface area (Å²) >= 11 is 4.78. The molecule has 0 bridgehead atoms. The Morgan fingerprint density at radius 1 is 1.00 bits per heavy atom. The van der Waals surface area contributed by atoms with Gasteiger partial charge in [0, 0.05) is 10.2 Å². The smallest absolute Gasteiger partial charge is 0.109 e. The zero-order chi connectivity index (χ0) is 7.11. The Morgan fingerprint density at radius 3 is 1.67 bits per heavy atom. The molecule has 0 amide bonds. The standard InChI is InChI=1S/C6H8Si.ClH3Si/c7-6-4-2-1-3-5-6;1-2/h1-5H,7H3;2H3. The van der Waals surface area contributed by atoms with Crippen molar-refractivity contribution in [1.82, 2.24) is 0 Å². The molecule has 1 rings (SSSR count). The van der Waals surface area contributed by atoms with Gasteiger partial charge in [0.1, 0.15) is 9.55 Å². The van der Waals surface area contributed by atoms with Gasteiger partial charge in [-0.1, -0.05) is 35.5 Å². The highest BCUT2D eigenvalue weighted by atomic mass is 35.6. The number of hydrogen-bond donors (Lipinski definition) is 0. The van der Waals surface area contributed by atoms with Crippen LogP contribution in [0.25, 0.3) is 0 Å². The first-order chi connectivity index (χ1) is 4.39. The quantitative estimate of drug-likeness (QED) is 0.357. The Bertz CT molecular complexity index is 141. The molecule has 0 fully saturated rings. The molecule has 9 heavy (non-hydrogen) atoms. The van der Waals surface area contributed by atoms with Gasteiger partial charge >= 0.3 is 0 Å². The minimum absolute atomic E-state index is 0.778. The third kappa shape index (κ3) is 4.45. The molecule has 0 saturated carbocycles. The Hall–Kier alpha value is -0.0562. The van der Waals surface area contributed by atoms with E-state index in [1.807, 2.05) is 6.07 Å². The molecule has 1 aromatic rings. The Morgan fingerprint density at radius 2 is 1.44 bits per heavy atom. The van der Waals surface area contributed by atoms with Crippen molar-refractivity contribution in [1.29, 1.82) is 0 Å². The van der Waals surface area contributed by atoms with Crippen LogP contribution < -0.4 is 5.19 Å². The van der Waals surface area contributed by atoms with Gasteiger partial charge in [0.25, 0.3) is 0 Å². The minimum Gasteiger partial charge on any atom is -0.181 e. The lowest BCUT2D eigenvalue weighted by molar-refractivity contribution is 1.78. The second kappa shape index (κ2) is 6.07. The molecule has 0 atom stereocenters. The van der Waals surface area contributed by atoms with Crippen LogP contribution in [-0.2, 0) is 0 Å². The van der Waals surface area contributed by atoms with Gasteiger partial charge in [-0.2, -0.15) is 11.1 Å². The molecule has 0 aromatic heterocycles. The Balaban J connectivity index is 0.000000291. The summed E-state index contributed by atoms with van der Waals surface area (Å²) in [6.07, 6.45) is 0. The van der Waals surface area contributed by atoms with Gasteiger partial charge in [0.2, 0.25) is 0 Å². The molecule has 0 radical (unpaired) electrons. The van der Waals surface area contributed by atoms with E-state index in [-0.39, 0.29) is 0 Å². The van der Waals surface area contributed by atoms with E-state index in [4.69, 9.17) is 11.1 Å². The topological polar surface area (TPSA) is 0 Å². The average molecular weight is 175 g/mol. The van der Waals surface area contributed by atoms with Crippen molar-refractivity contribution in [3.8, 4) is 0 Å². The molecule has 0 heterocycles. The highest BCUT2D eigenvalue weighted by Crippen LogP contribution is 1.76. The van der Waals surface area contributed by atoms with Crippen LogP contribution in [0.5, 0.6) is 0 Å². The van der Waals surface area contributed by atoms with Gasteiger partial charge in [-0.15, -0.1) is 0 Å². The van der Waals surface area contributed by atoms with Gasteiger partial charge in [0.05, 0.1) is 0 Å². The molecular weight excluding hydrogens is 164 g/mol. The number of rotatable bonds is 0. The van der Waals surface area contributed by atoms with Crippen LogP contribution in [0.1, 0.15) is 0 Å². The van der Waals surface area contributed by atoms with Crippen molar-refractivity contribution in [2.75, 3.05) is 0 Å². The van der Waals surface area contributed by atoms with E-state index >= 15 is 0 Å². The van der Waals surface area contributed by atoms with Crippen molar-refractivity contribution < 1.29 is 0 Å². The van der Waals surface area contributed by atoms with Crippen molar-refractivity contribution in [2.45, 2.75) is 0 Å². The maximum absolute atomic E-state index is 4.78. The first-order valence-corrected chi connectivity index (χ1v) is 6.81. The maximum atomic E-state index is 4.78. The second-order valence-electron chi connectivity index (χ2n) is 1.65. The van der Waals surface area contributed by atoms with Gasteiger partial charge in [-0.05, 0) is 0 Å². The summed E-state index contributed by atoms with van der Waals surface area (Å²) in [6.45, 7) is 0. The Kier molecular flexibility index (Phi) is 6.03. The zero-order valence-electron chi connectivity index (χ0n) is 5.76. The summed E-state index contributed by atoms with van der Waals surface area (Å²) in [6, 6.07) is 10.5. The molecule has 50 valence electrons. The monoisotopic (exact) mass is 174 g/mol. The fourth-order valence-electron chi connectivity index (χ4n) is 0.534. The fraction of sp³-hybridized carbons (Fsp3) is 0. The molecular formula is C6H11ClSi2. The Labute approximate surface area is 66.8 Å². The molecule has 3 heteroatoms. The molecule has 0 aliphatic heterocycles. The van der Waals surface area contributed by atoms with Gasteiger partial charge in [-0.25, -0.2) is 0 Å². The van der Waals surface area contributed by atoms with Crippen LogP contribution in [-0.4, -0.2) is 19.8 Å². The van der Waals surface area contributed by atoms with Gasteiger partial charge in [0.15, 0.2) is 0 Å². The van der Waals surface area contributed by atoms with E-state index in [1.54, 1.807) is 0 Å². The maximum Gasteiger partial charge on any atom is 0.109 e. The van der Waals surface area contributed by atoms with Crippen molar-refractivity contribution >= 4 is 36.1 Å². The lowest BCUT2D eigenvalue weighted by atomic mass is 10.4. The van der Waals surface area contributed by atoms with Crippen LogP contribution in [0.15, 0.2) is 30.3 Å². The van der Waals surface area contributed by atoms with Crippen molar-refractivity contribution in [3.63, 3.8) is 0 Å². The third-order valence-corrected chi connectivity index (χ3v) is 1.61. The lowest BCUT2D eigenvalue weighted by Gasteiger charge is -1.82. The van der Waals surface area contributed by atoms with Crippen LogP contribution in [0.2, 0.25) is 0 Å². The van der Waals surface area contributed by atoms with Crippen LogP contribution in [0, 0.1) is 0 Å². The summed E-state index contributed by atoms with van der Waals surface area (Å²) in [5.41, 5.74) is 0. The lowest BCUT2D eigenvalue weighted by Crippen LogP contribution is -1.97. The molecule has 0 spiro atoms. The highest BCUT2D eigenvalue weighted by Gasteiger charge is 1.72. The van der Waals surface area contributed by atoms with E-state index in [2.05, 4.69) is 24.3 Å². The van der Waals surface area contributed by atoms with Gasteiger partial charge in [-0.3, -0.25) is 0 Å². The first kappa shape index (κ1) is 8.94. The summed E-state index contributed by atoms with van der Waals surface area (Å²) in [5.74, 6) is 0. The summed E-state index contributed by atoms with van der Waals surface area (Å²) < 4.78 is 0. The van der Waals surface area contributed by atoms with Gasteiger partial charge < -0.3 is 0 Å². The molecule has 0 aliphatic rings. The summed E-state index contributed by atoms with van der Waals surface area (Å²) in [7, 11) is 1.95. The predicted octanol–water partition coefficient (Wildman–Crippen LogP) is -0.817. The average Bonchev–Trinajstić information content (AvgIpc) is 1.94. The predicted molar refractivity (Wildman–Crippen MR) is 51.8 cm³/mol. The van der Waals surface area contributed by atoms with E-state index in [0.717, 1.165) is 9.55 Å². The normalized spacial score (nSPS) is 8.11. The largest absolute Gasteiger partial charge is 0.181 e. The number of halogens is 1. The van der Waals surface area contributed by atoms with E-state index in [9.17, 15) is 0 Å².